The molecule has 1 aromatic rings. The summed E-state index contributed by atoms with van der Waals surface area (Å²) < 4.78 is 10.4. The zero-order valence-corrected chi connectivity index (χ0v) is 19.8. The van der Waals surface area contributed by atoms with Gasteiger partial charge in [0.2, 0.25) is 0 Å². The fourth-order valence-electron chi connectivity index (χ4n) is 7.17. The smallest absolute Gasteiger partial charge is 0.331 e. The molecule has 8 nitrogen and oxygen atoms in total. The van der Waals surface area contributed by atoms with Gasteiger partial charge in [0.15, 0.2) is 11.5 Å². The lowest BCUT2D eigenvalue weighted by Gasteiger charge is -2.60. The van der Waals surface area contributed by atoms with E-state index in [1.807, 2.05) is 6.92 Å². The van der Waals surface area contributed by atoms with E-state index in [-0.39, 0.29) is 22.8 Å². The van der Waals surface area contributed by atoms with Gasteiger partial charge in [0.1, 0.15) is 5.57 Å². The van der Waals surface area contributed by atoms with Gasteiger partial charge in [-0.3, -0.25) is 24.6 Å². The Kier molecular flexibility index (Phi) is 5.49. The van der Waals surface area contributed by atoms with Crippen molar-refractivity contribution in [3.8, 4) is 11.5 Å². The number of barbiturate groups is 1. The van der Waals surface area contributed by atoms with Crippen LogP contribution in [0.2, 0.25) is 0 Å². The highest BCUT2D eigenvalue weighted by atomic mass is 16.6. The van der Waals surface area contributed by atoms with Gasteiger partial charge in [-0.15, -0.1) is 0 Å². The van der Waals surface area contributed by atoms with E-state index in [9.17, 15) is 19.2 Å². The van der Waals surface area contributed by atoms with Gasteiger partial charge in [-0.2, -0.15) is 0 Å². The molecule has 0 radical (unpaired) electrons. The van der Waals surface area contributed by atoms with Crippen molar-refractivity contribution in [3.63, 3.8) is 0 Å². The molecule has 1 heterocycles. The van der Waals surface area contributed by atoms with Gasteiger partial charge in [0.25, 0.3) is 11.8 Å². The quantitative estimate of drug-likeness (QED) is 0.307. The van der Waals surface area contributed by atoms with Crippen LogP contribution in [0, 0.1) is 23.2 Å². The molecule has 0 aromatic heterocycles. The summed E-state index contributed by atoms with van der Waals surface area (Å²) in [6.45, 7) is 3.26. The predicted octanol–water partition coefficient (Wildman–Crippen LogP) is 3.69. The number of nitrogens with one attached hydrogen (secondary N) is 1. The van der Waals surface area contributed by atoms with Crippen molar-refractivity contribution in [1.29, 1.82) is 0 Å². The topological polar surface area (TPSA) is 102 Å². The lowest BCUT2D eigenvalue weighted by molar-refractivity contribution is -0.139. The first-order chi connectivity index (χ1) is 16.2. The molecule has 4 amide bonds. The minimum atomic E-state index is -0.716. The summed E-state index contributed by atoms with van der Waals surface area (Å²) in [5, 5.41) is 2.37. The van der Waals surface area contributed by atoms with E-state index in [1.165, 1.54) is 44.3 Å². The molecule has 0 spiro atoms. The average Bonchev–Trinajstić information content (AvgIpc) is 2.76. The zero-order chi connectivity index (χ0) is 24.2. The zero-order valence-electron chi connectivity index (χ0n) is 19.8. The number of rotatable bonds is 5. The van der Waals surface area contributed by atoms with Crippen molar-refractivity contribution in [3.05, 3.63) is 29.3 Å². The fraction of sp³-hybridized carbons (Fsp3) is 0.538. The molecule has 0 unspecified atom stereocenters. The van der Waals surface area contributed by atoms with E-state index in [2.05, 4.69) is 5.32 Å². The second-order valence-electron chi connectivity index (χ2n) is 10.5. The number of ether oxygens (including phenoxy) is 2. The molecule has 4 bridgehead atoms. The number of benzene rings is 1. The van der Waals surface area contributed by atoms with Gasteiger partial charge >= 0.3 is 12.0 Å². The Hall–Kier alpha value is -3.16. The Balaban J connectivity index is 1.44. The molecule has 4 saturated carbocycles. The molecule has 1 N–H and O–H groups in total. The maximum absolute atomic E-state index is 13.5. The molecule has 34 heavy (non-hydrogen) atoms. The molecule has 6 rings (SSSR count). The second-order valence-corrected chi connectivity index (χ2v) is 10.5. The number of methoxy groups -OCH3 is 1. The highest BCUT2D eigenvalue weighted by Crippen LogP contribution is 2.62. The minimum Gasteiger partial charge on any atom is -0.493 e. The van der Waals surface area contributed by atoms with Crippen molar-refractivity contribution in [1.82, 2.24) is 10.2 Å². The summed E-state index contributed by atoms with van der Waals surface area (Å²) in [4.78, 5) is 51.6. The minimum absolute atomic E-state index is 0.0673. The first kappa shape index (κ1) is 22.6. The number of hydrogen-bond acceptors (Lipinski definition) is 6. The average molecular weight is 467 g/mol. The first-order valence-electron chi connectivity index (χ1n) is 12.0. The number of carbonyl (C=O) groups is 4. The molecule has 5 aliphatic rings. The molecule has 180 valence electrons. The van der Waals surface area contributed by atoms with E-state index >= 15 is 0 Å². The van der Waals surface area contributed by atoms with Crippen molar-refractivity contribution < 1.29 is 28.7 Å². The molecule has 1 aromatic carbocycles. The highest BCUT2D eigenvalue weighted by molar-refractivity contribution is 6.31. The number of carbonyl (C=O) groups excluding carboxylic acids is 4. The van der Waals surface area contributed by atoms with Crippen LogP contribution >= 0.6 is 0 Å². The summed E-state index contributed by atoms with van der Waals surface area (Å²) in [6, 6.07) is 3.81. The van der Waals surface area contributed by atoms with Crippen LogP contribution in [0.5, 0.6) is 11.5 Å². The van der Waals surface area contributed by atoms with Crippen LogP contribution in [0.1, 0.15) is 57.9 Å². The third kappa shape index (κ3) is 3.79. The molecule has 8 heteroatoms. The fourth-order valence-corrected chi connectivity index (χ4v) is 7.17. The van der Waals surface area contributed by atoms with Crippen LogP contribution in [0.25, 0.3) is 6.08 Å². The number of amides is 4. The maximum Gasteiger partial charge on any atom is 0.331 e. The number of hydrogen-bond donors (Lipinski definition) is 1. The van der Waals surface area contributed by atoms with Crippen molar-refractivity contribution >= 4 is 29.9 Å². The normalized spacial score (nSPS) is 32.1. The van der Waals surface area contributed by atoms with Crippen molar-refractivity contribution in [2.75, 3.05) is 7.11 Å². The third-order valence-corrected chi connectivity index (χ3v) is 8.24. The molecular formula is C26H30N2O6. The Morgan fingerprint density at radius 1 is 1.09 bits per heavy atom. The summed E-state index contributed by atoms with van der Waals surface area (Å²) >= 11 is 0. The summed E-state index contributed by atoms with van der Waals surface area (Å²) in [7, 11) is 1.44. The van der Waals surface area contributed by atoms with E-state index in [0.29, 0.717) is 29.1 Å². The summed E-state index contributed by atoms with van der Waals surface area (Å²) in [6.07, 6.45) is 8.36. The Morgan fingerprint density at radius 2 is 1.71 bits per heavy atom. The molecule has 1 aliphatic heterocycles. The summed E-state index contributed by atoms with van der Waals surface area (Å²) in [5.74, 6) is 0.794. The van der Waals surface area contributed by atoms with Gasteiger partial charge in [0.05, 0.1) is 7.11 Å². The van der Waals surface area contributed by atoms with Crippen LogP contribution in [-0.2, 0) is 14.4 Å². The van der Waals surface area contributed by atoms with Gasteiger partial charge in [0, 0.05) is 13.0 Å². The van der Waals surface area contributed by atoms with Gasteiger partial charge in [-0.1, -0.05) is 6.07 Å². The third-order valence-electron chi connectivity index (χ3n) is 8.24. The van der Waals surface area contributed by atoms with Crippen LogP contribution in [0.4, 0.5) is 4.79 Å². The maximum atomic E-state index is 13.5. The standard InChI is InChI=1S/C26H30N2O6/c1-14(26-11-17-6-18(12-26)8-19(7-17)13-26)28-24(31)20(23(30)27-25(28)32)9-16-4-5-21(34-15(2)29)22(10-16)33-3/h4-5,9-10,14,17-19H,6-8,11-13H2,1-3H3,(H,27,30,32)/b20-9+/t14-,17?,18?,19?,26?/m1/s1. The van der Waals surface area contributed by atoms with Gasteiger partial charge in [-0.05, 0) is 92.4 Å². The highest BCUT2D eigenvalue weighted by Gasteiger charge is 2.56. The predicted molar refractivity (Wildman–Crippen MR) is 123 cm³/mol. The van der Waals surface area contributed by atoms with Gasteiger partial charge < -0.3 is 9.47 Å². The lowest BCUT2D eigenvalue weighted by atomic mass is 9.47. The number of urea groups is 1. The van der Waals surface area contributed by atoms with E-state index in [1.54, 1.807) is 18.2 Å². The Labute approximate surface area is 198 Å². The van der Waals surface area contributed by atoms with Crippen LogP contribution in [-0.4, -0.2) is 41.9 Å². The lowest BCUT2D eigenvalue weighted by Crippen LogP contribution is -2.63. The van der Waals surface area contributed by atoms with Crippen LogP contribution in [0.3, 0.4) is 0 Å². The SMILES string of the molecule is COc1cc(/C=C2\C(=O)NC(=O)N([C@H](C)C34CC5CC(CC(C5)C3)C4)C2=O)ccc1OC(C)=O. The molecule has 5 fully saturated rings. The molecule has 4 aliphatic carbocycles. The van der Waals surface area contributed by atoms with E-state index in [0.717, 1.165) is 19.3 Å². The largest absolute Gasteiger partial charge is 0.493 e. The van der Waals surface area contributed by atoms with Crippen LogP contribution in [0.15, 0.2) is 23.8 Å². The number of esters is 1. The summed E-state index contributed by atoms with van der Waals surface area (Å²) in [5.41, 5.74) is 0.351. The van der Waals surface area contributed by atoms with E-state index < -0.39 is 23.8 Å². The van der Waals surface area contributed by atoms with Crippen molar-refractivity contribution in [2.45, 2.75) is 58.4 Å². The van der Waals surface area contributed by atoms with E-state index in [4.69, 9.17) is 9.47 Å². The Bertz CT molecular complexity index is 1070. The number of nitrogens with zero attached hydrogens (tertiary/aromatic N) is 1. The Morgan fingerprint density at radius 3 is 2.26 bits per heavy atom. The van der Waals surface area contributed by atoms with Crippen LogP contribution < -0.4 is 14.8 Å². The first-order valence-corrected chi connectivity index (χ1v) is 12.0. The molecular weight excluding hydrogens is 436 g/mol. The van der Waals surface area contributed by atoms with Gasteiger partial charge in [-0.25, -0.2) is 4.79 Å². The second kappa shape index (κ2) is 8.25. The van der Waals surface area contributed by atoms with Crippen molar-refractivity contribution in [2.24, 2.45) is 23.2 Å². The molecule has 1 saturated heterocycles. The monoisotopic (exact) mass is 466 g/mol. The number of imide groups is 2. The molecule has 1 atom stereocenters.